The number of phenols is 1. The minimum atomic E-state index is -1.37. The Morgan fingerprint density at radius 1 is 1.32 bits per heavy atom. The highest BCUT2D eigenvalue weighted by molar-refractivity contribution is 5.90. The van der Waals surface area contributed by atoms with E-state index in [4.69, 9.17) is 5.11 Å². The normalized spacial score (nSPS) is 13.6. The number of hydrogen-bond acceptors (Lipinski definition) is 5. The van der Waals surface area contributed by atoms with E-state index in [1.54, 1.807) is 0 Å². The molecule has 104 valence electrons. The zero-order valence-corrected chi connectivity index (χ0v) is 10.2. The van der Waals surface area contributed by atoms with Crippen LogP contribution in [0, 0.1) is 0 Å². The van der Waals surface area contributed by atoms with Gasteiger partial charge in [0.1, 0.15) is 23.5 Å². The number of rotatable bonds is 5. The molecule has 7 nitrogen and oxygen atoms in total. The average Bonchev–Trinajstić information content (AvgIpc) is 2.35. The minimum Gasteiger partial charge on any atom is -0.507 e. The summed E-state index contributed by atoms with van der Waals surface area (Å²) in [5, 5.41) is 39.9. The molecule has 2 unspecified atom stereocenters. The van der Waals surface area contributed by atoms with E-state index in [1.807, 2.05) is 0 Å². The van der Waals surface area contributed by atoms with Crippen molar-refractivity contribution in [2.24, 2.45) is 0 Å². The molecule has 0 aliphatic rings. The van der Waals surface area contributed by atoms with Gasteiger partial charge in [-0.15, -0.1) is 0 Å². The van der Waals surface area contributed by atoms with Gasteiger partial charge >= 0.3 is 5.97 Å². The quantitative estimate of drug-likeness (QED) is 0.496. The Labute approximate surface area is 109 Å². The number of amides is 1. The summed E-state index contributed by atoms with van der Waals surface area (Å²) in [5.74, 6) is -2.13. The van der Waals surface area contributed by atoms with E-state index in [9.17, 15) is 24.9 Å². The molecule has 1 aromatic rings. The largest absolute Gasteiger partial charge is 0.507 e. The van der Waals surface area contributed by atoms with Gasteiger partial charge in [0, 0.05) is 13.5 Å². The summed E-state index contributed by atoms with van der Waals surface area (Å²) in [6.45, 7) is 1.10. The highest BCUT2D eigenvalue weighted by Crippen LogP contribution is 2.24. The number of aromatic carboxylic acids is 1. The Hall–Kier alpha value is -2.12. The molecule has 0 aromatic heterocycles. The van der Waals surface area contributed by atoms with Crippen LogP contribution in [0.1, 0.15) is 28.9 Å². The predicted molar refractivity (Wildman–Crippen MR) is 64.7 cm³/mol. The highest BCUT2D eigenvalue weighted by atomic mass is 16.4. The molecule has 1 rings (SSSR count). The third kappa shape index (κ3) is 3.94. The van der Waals surface area contributed by atoms with Crippen LogP contribution in [0.25, 0.3) is 0 Å². The summed E-state index contributed by atoms with van der Waals surface area (Å²) in [7, 11) is 0. The average molecular weight is 269 g/mol. The first-order chi connectivity index (χ1) is 8.82. The van der Waals surface area contributed by atoms with Gasteiger partial charge in [-0.05, 0) is 17.7 Å². The SMILES string of the molecule is CC(=O)NCC(O)C(O)c1ccc(O)c(C(=O)O)c1. The van der Waals surface area contributed by atoms with Crippen LogP contribution in [-0.4, -0.2) is 45.0 Å². The van der Waals surface area contributed by atoms with E-state index in [0.29, 0.717) is 0 Å². The van der Waals surface area contributed by atoms with Gasteiger partial charge in [0.15, 0.2) is 0 Å². The Morgan fingerprint density at radius 3 is 2.47 bits per heavy atom. The number of carboxylic acids is 1. The van der Waals surface area contributed by atoms with Gasteiger partial charge in [-0.1, -0.05) is 6.07 Å². The molecule has 0 saturated heterocycles. The van der Waals surface area contributed by atoms with Crippen molar-refractivity contribution in [3.05, 3.63) is 29.3 Å². The topological polar surface area (TPSA) is 127 Å². The maximum absolute atomic E-state index is 10.8. The molecule has 0 fully saturated rings. The molecule has 5 N–H and O–H groups in total. The number of benzene rings is 1. The molecule has 0 aliphatic heterocycles. The standard InChI is InChI=1S/C12H15NO6/c1-6(14)13-5-10(16)11(17)7-2-3-9(15)8(4-7)12(18)19/h2-4,10-11,15-17H,5H2,1H3,(H,13,14)(H,18,19). The van der Waals surface area contributed by atoms with Crippen LogP contribution in [0.2, 0.25) is 0 Å². The fraction of sp³-hybridized carbons (Fsp3) is 0.333. The molecule has 0 bridgehead atoms. The first kappa shape index (κ1) is 14.9. The van der Waals surface area contributed by atoms with E-state index in [-0.39, 0.29) is 23.6 Å². The number of carbonyl (C=O) groups excluding carboxylic acids is 1. The number of carboxylic acid groups (broad SMARTS) is 1. The Morgan fingerprint density at radius 2 is 1.95 bits per heavy atom. The maximum atomic E-state index is 10.8. The molecule has 1 aromatic carbocycles. The minimum absolute atomic E-state index is 0.132. The number of aliphatic hydroxyl groups excluding tert-OH is 2. The third-order valence-electron chi connectivity index (χ3n) is 2.52. The lowest BCUT2D eigenvalue weighted by molar-refractivity contribution is -0.119. The molecular formula is C12H15NO6. The lowest BCUT2D eigenvalue weighted by atomic mass is 10.0. The van der Waals surface area contributed by atoms with Crippen LogP contribution in [0.4, 0.5) is 0 Å². The summed E-state index contributed by atoms with van der Waals surface area (Å²) in [6, 6.07) is 3.48. The molecule has 0 spiro atoms. The Kier molecular flexibility index (Phi) is 4.85. The van der Waals surface area contributed by atoms with E-state index >= 15 is 0 Å². The summed E-state index contributed by atoms with van der Waals surface area (Å²) in [5.41, 5.74) is -0.240. The van der Waals surface area contributed by atoms with E-state index in [1.165, 1.54) is 13.0 Å². The molecule has 0 radical (unpaired) electrons. The number of nitrogens with one attached hydrogen (secondary N) is 1. The van der Waals surface area contributed by atoms with E-state index < -0.39 is 23.9 Å². The molecule has 0 aliphatic carbocycles. The van der Waals surface area contributed by atoms with Crippen molar-refractivity contribution in [1.29, 1.82) is 0 Å². The summed E-state index contributed by atoms with van der Waals surface area (Å²) in [4.78, 5) is 21.5. The van der Waals surface area contributed by atoms with Crippen LogP contribution in [0.15, 0.2) is 18.2 Å². The van der Waals surface area contributed by atoms with Gasteiger partial charge in [0.2, 0.25) is 5.91 Å². The molecule has 2 atom stereocenters. The molecule has 0 saturated carbocycles. The summed E-state index contributed by atoms with van der Waals surface area (Å²) >= 11 is 0. The van der Waals surface area contributed by atoms with Gasteiger partial charge in [0.25, 0.3) is 0 Å². The fourth-order valence-electron chi connectivity index (χ4n) is 1.49. The van der Waals surface area contributed by atoms with E-state index in [0.717, 1.165) is 12.1 Å². The van der Waals surface area contributed by atoms with Gasteiger partial charge in [-0.25, -0.2) is 4.79 Å². The highest BCUT2D eigenvalue weighted by Gasteiger charge is 2.21. The summed E-state index contributed by atoms with van der Waals surface area (Å²) < 4.78 is 0. The summed E-state index contributed by atoms with van der Waals surface area (Å²) in [6.07, 6.45) is -2.65. The zero-order chi connectivity index (χ0) is 14.6. The van der Waals surface area contributed by atoms with Crippen LogP contribution in [0.3, 0.4) is 0 Å². The van der Waals surface area contributed by atoms with Crippen molar-refractivity contribution >= 4 is 11.9 Å². The van der Waals surface area contributed by atoms with Crippen molar-refractivity contribution in [1.82, 2.24) is 5.32 Å². The number of carbonyl (C=O) groups is 2. The molecule has 7 heteroatoms. The van der Waals surface area contributed by atoms with Crippen LogP contribution in [0.5, 0.6) is 5.75 Å². The van der Waals surface area contributed by atoms with Crippen molar-refractivity contribution in [3.63, 3.8) is 0 Å². The van der Waals surface area contributed by atoms with E-state index in [2.05, 4.69) is 5.32 Å². The molecule has 19 heavy (non-hydrogen) atoms. The van der Waals surface area contributed by atoms with Gasteiger partial charge in [-0.3, -0.25) is 4.79 Å². The second kappa shape index (κ2) is 6.17. The molecule has 0 heterocycles. The number of aliphatic hydroxyl groups is 2. The van der Waals surface area contributed by atoms with Crippen LogP contribution < -0.4 is 5.32 Å². The number of aromatic hydroxyl groups is 1. The second-order valence-corrected chi connectivity index (χ2v) is 4.03. The fourth-order valence-corrected chi connectivity index (χ4v) is 1.49. The molecule has 1 amide bonds. The smallest absolute Gasteiger partial charge is 0.339 e. The van der Waals surface area contributed by atoms with Gasteiger partial charge < -0.3 is 25.7 Å². The predicted octanol–water partition coefficient (Wildman–Crippen LogP) is -0.379. The first-order valence-electron chi connectivity index (χ1n) is 5.49. The van der Waals surface area contributed by atoms with Crippen molar-refractivity contribution in [2.75, 3.05) is 6.54 Å². The number of hydrogen-bond donors (Lipinski definition) is 5. The zero-order valence-electron chi connectivity index (χ0n) is 10.2. The third-order valence-corrected chi connectivity index (χ3v) is 2.52. The lowest BCUT2D eigenvalue weighted by Crippen LogP contribution is -2.34. The van der Waals surface area contributed by atoms with Crippen molar-refractivity contribution in [3.8, 4) is 5.75 Å². The van der Waals surface area contributed by atoms with Gasteiger partial charge in [0.05, 0.1) is 0 Å². The molecular weight excluding hydrogens is 254 g/mol. The Bertz CT molecular complexity index is 487. The maximum Gasteiger partial charge on any atom is 0.339 e. The Balaban J connectivity index is 2.87. The van der Waals surface area contributed by atoms with Crippen molar-refractivity contribution < 1.29 is 30.0 Å². The van der Waals surface area contributed by atoms with Gasteiger partial charge in [-0.2, -0.15) is 0 Å². The lowest BCUT2D eigenvalue weighted by Gasteiger charge is -2.18. The van der Waals surface area contributed by atoms with Crippen LogP contribution in [-0.2, 0) is 4.79 Å². The monoisotopic (exact) mass is 269 g/mol. The first-order valence-corrected chi connectivity index (χ1v) is 5.49. The second-order valence-electron chi connectivity index (χ2n) is 4.03. The van der Waals surface area contributed by atoms with Crippen molar-refractivity contribution in [2.45, 2.75) is 19.1 Å². The van der Waals surface area contributed by atoms with Crippen LogP contribution >= 0.6 is 0 Å².